The molecule has 3 N–H and O–H groups in total. The van der Waals surface area contributed by atoms with E-state index in [0.29, 0.717) is 0 Å². The van der Waals surface area contributed by atoms with E-state index in [0.717, 1.165) is 11.4 Å². The van der Waals surface area contributed by atoms with Crippen molar-refractivity contribution < 1.29 is 0 Å². The molecule has 1 aromatic carbocycles. The van der Waals surface area contributed by atoms with Crippen LogP contribution >= 0.6 is 23.9 Å². The third-order valence-electron chi connectivity index (χ3n) is 1.40. The van der Waals surface area contributed by atoms with Crippen molar-refractivity contribution in [2.24, 2.45) is 0 Å². The topological polar surface area (TPSA) is 38.0 Å². The highest BCUT2D eigenvalue weighted by atomic mass is 32.2. The van der Waals surface area contributed by atoms with E-state index in [1.807, 2.05) is 24.3 Å². The first kappa shape index (κ1) is 10.8. The first-order chi connectivity index (χ1) is 6.33. The average Bonchev–Trinajstić information content (AvgIpc) is 2.15. The smallest absolute Gasteiger partial charge is 0.0314 e. The van der Waals surface area contributed by atoms with Gasteiger partial charge in [0, 0.05) is 16.3 Å². The molecule has 0 fully saturated rings. The highest BCUT2D eigenvalue weighted by Gasteiger charge is 1.92. The van der Waals surface area contributed by atoms with Crippen molar-refractivity contribution in [1.29, 1.82) is 0 Å². The van der Waals surface area contributed by atoms with Gasteiger partial charge in [0.05, 0.1) is 0 Å². The number of nitrogens with two attached hydrogens (primary N) is 1. The van der Waals surface area contributed by atoms with Crippen molar-refractivity contribution in [2.75, 3.05) is 11.5 Å². The SMILES string of the molecule is CCCSNSc1ccc(N)cc1. The predicted octanol–water partition coefficient (Wildman–Crippen LogP) is 2.92. The Kier molecular flexibility index (Phi) is 5.12. The molecule has 0 aliphatic carbocycles. The van der Waals surface area contributed by atoms with E-state index in [1.165, 1.54) is 11.3 Å². The maximum Gasteiger partial charge on any atom is 0.0314 e. The molecule has 0 aliphatic rings. The summed E-state index contributed by atoms with van der Waals surface area (Å²) in [6.45, 7) is 2.17. The normalized spacial score (nSPS) is 10.2. The monoisotopic (exact) mass is 214 g/mol. The summed E-state index contributed by atoms with van der Waals surface area (Å²) in [7, 11) is 0. The summed E-state index contributed by atoms with van der Waals surface area (Å²) >= 11 is 3.36. The molecule has 1 aromatic rings. The van der Waals surface area contributed by atoms with Gasteiger partial charge in [-0.1, -0.05) is 18.9 Å². The van der Waals surface area contributed by atoms with E-state index < -0.39 is 0 Å². The van der Waals surface area contributed by atoms with Crippen molar-refractivity contribution in [3.63, 3.8) is 0 Å². The zero-order valence-electron chi connectivity index (χ0n) is 7.62. The van der Waals surface area contributed by atoms with Gasteiger partial charge in [0.2, 0.25) is 0 Å². The van der Waals surface area contributed by atoms with E-state index in [9.17, 15) is 0 Å². The zero-order chi connectivity index (χ0) is 9.52. The van der Waals surface area contributed by atoms with Gasteiger partial charge in [-0.25, -0.2) is 4.13 Å². The molecule has 2 nitrogen and oxygen atoms in total. The van der Waals surface area contributed by atoms with Gasteiger partial charge >= 0.3 is 0 Å². The van der Waals surface area contributed by atoms with Gasteiger partial charge in [-0.15, -0.1) is 0 Å². The molecule has 72 valence electrons. The molecular weight excluding hydrogens is 200 g/mol. The molecule has 0 saturated heterocycles. The zero-order valence-corrected chi connectivity index (χ0v) is 9.25. The number of anilines is 1. The van der Waals surface area contributed by atoms with Gasteiger partial charge in [-0.3, -0.25) is 0 Å². The number of nitrogens with one attached hydrogen (secondary N) is 1. The number of rotatable bonds is 5. The highest BCUT2D eigenvalue weighted by molar-refractivity contribution is 8.12. The van der Waals surface area contributed by atoms with E-state index in [2.05, 4.69) is 11.1 Å². The second-order valence-electron chi connectivity index (χ2n) is 2.60. The molecule has 0 heterocycles. The van der Waals surface area contributed by atoms with Gasteiger partial charge in [-0.2, -0.15) is 0 Å². The number of hydrogen-bond acceptors (Lipinski definition) is 4. The summed E-state index contributed by atoms with van der Waals surface area (Å²) in [5, 5.41) is 0. The van der Waals surface area contributed by atoms with E-state index in [1.54, 1.807) is 23.9 Å². The molecule has 0 bridgehead atoms. The maximum atomic E-state index is 5.57. The first-order valence-corrected chi connectivity index (χ1v) is 6.02. The Hall–Kier alpha value is -0.320. The van der Waals surface area contributed by atoms with Crippen molar-refractivity contribution >= 4 is 29.6 Å². The Morgan fingerprint density at radius 1 is 1.31 bits per heavy atom. The van der Waals surface area contributed by atoms with Crippen LogP contribution in [0.5, 0.6) is 0 Å². The number of hydrogen-bond donors (Lipinski definition) is 2. The molecule has 0 radical (unpaired) electrons. The van der Waals surface area contributed by atoms with Crippen LogP contribution in [0.25, 0.3) is 0 Å². The van der Waals surface area contributed by atoms with Crippen molar-refractivity contribution in [1.82, 2.24) is 4.13 Å². The molecule has 0 unspecified atom stereocenters. The summed E-state index contributed by atoms with van der Waals surface area (Å²) < 4.78 is 3.21. The second-order valence-corrected chi connectivity index (χ2v) is 4.64. The summed E-state index contributed by atoms with van der Waals surface area (Å²) in [5.41, 5.74) is 6.38. The minimum absolute atomic E-state index is 0.811. The van der Waals surface area contributed by atoms with Crippen molar-refractivity contribution in [2.45, 2.75) is 18.2 Å². The van der Waals surface area contributed by atoms with Gasteiger partial charge in [0.25, 0.3) is 0 Å². The van der Waals surface area contributed by atoms with Crippen molar-refractivity contribution in [3.05, 3.63) is 24.3 Å². The molecule has 0 amide bonds. The lowest BCUT2D eigenvalue weighted by Gasteiger charge is -2.02. The van der Waals surface area contributed by atoms with Crippen LogP contribution in [0.15, 0.2) is 29.2 Å². The van der Waals surface area contributed by atoms with E-state index >= 15 is 0 Å². The number of nitrogen functional groups attached to an aromatic ring is 1. The van der Waals surface area contributed by atoms with Crippen LogP contribution in [-0.2, 0) is 0 Å². The Balaban J connectivity index is 2.25. The average molecular weight is 214 g/mol. The Morgan fingerprint density at radius 3 is 2.62 bits per heavy atom. The summed E-state index contributed by atoms with van der Waals surface area (Å²) in [6, 6.07) is 7.85. The maximum absolute atomic E-state index is 5.57. The molecule has 0 saturated carbocycles. The minimum Gasteiger partial charge on any atom is -0.399 e. The molecule has 0 spiro atoms. The summed E-state index contributed by atoms with van der Waals surface area (Å²) in [4.78, 5) is 1.19. The fourth-order valence-corrected chi connectivity index (χ4v) is 2.19. The molecule has 4 heteroatoms. The van der Waals surface area contributed by atoms with Crippen LogP contribution in [-0.4, -0.2) is 5.75 Å². The highest BCUT2D eigenvalue weighted by Crippen LogP contribution is 2.18. The predicted molar refractivity (Wildman–Crippen MR) is 62.6 cm³/mol. The minimum atomic E-state index is 0.811. The molecule has 1 rings (SSSR count). The van der Waals surface area contributed by atoms with Crippen LogP contribution in [0, 0.1) is 0 Å². The van der Waals surface area contributed by atoms with E-state index in [4.69, 9.17) is 5.73 Å². The van der Waals surface area contributed by atoms with Crippen LogP contribution in [0.2, 0.25) is 0 Å². The Labute approximate surface area is 87.9 Å². The lowest BCUT2D eigenvalue weighted by molar-refractivity contribution is 1.10. The largest absolute Gasteiger partial charge is 0.399 e. The van der Waals surface area contributed by atoms with Gasteiger partial charge < -0.3 is 5.73 Å². The lowest BCUT2D eigenvalue weighted by Crippen LogP contribution is -1.91. The first-order valence-electron chi connectivity index (χ1n) is 4.22. The van der Waals surface area contributed by atoms with E-state index in [-0.39, 0.29) is 0 Å². The molecule has 0 aromatic heterocycles. The number of benzene rings is 1. The summed E-state index contributed by atoms with van der Waals surface area (Å²) in [6.07, 6.45) is 1.19. The third-order valence-corrected chi connectivity index (χ3v) is 3.33. The molecular formula is C9H14N2S2. The molecule has 13 heavy (non-hydrogen) atoms. The van der Waals surface area contributed by atoms with Crippen LogP contribution in [0.3, 0.4) is 0 Å². The standard InChI is InChI=1S/C9H14N2S2/c1-2-7-12-11-13-9-5-3-8(10)4-6-9/h3-6,11H,2,7,10H2,1H3. The van der Waals surface area contributed by atoms with Crippen LogP contribution < -0.4 is 9.86 Å². The molecule has 0 atom stereocenters. The fraction of sp³-hybridized carbons (Fsp3) is 0.333. The van der Waals surface area contributed by atoms with Crippen molar-refractivity contribution in [3.8, 4) is 0 Å². The lowest BCUT2D eigenvalue weighted by atomic mass is 10.3. The quantitative estimate of drug-likeness (QED) is 0.449. The third kappa shape index (κ3) is 4.45. The van der Waals surface area contributed by atoms with Gasteiger partial charge in [0.15, 0.2) is 0 Å². The van der Waals surface area contributed by atoms with Crippen LogP contribution in [0.1, 0.15) is 13.3 Å². The Bertz CT molecular complexity index is 236. The fourth-order valence-electron chi connectivity index (χ4n) is 0.757. The van der Waals surface area contributed by atoms with Crippen LogP contribution in [0.4, 0.5) is 5.69 Å². The Morgan fingerprint density at radius 2 is 2.00 bits per heavy atom. The summed E-state index contributed by atoms with van der Waals surface area (Å²) in [5.74, 6) is 1.14. The second kappa shape index (κ2) is 6.18. The van der Waals surface area contributed by atoms with Gasteiger partial charge in [-0.05, 0) is 42.6 Å². The molecule has 0 aliphatic heterocycles. The van der Waals surface area contributed by atoms with Gasteiger partial charge in [0.1, 0.15) is 0 Å².